The Kier molecular flexibility index (Phi) is 13.4. The van der Waals surface area contributed by atoms with Crippen molar-refractivity contribution in [1.29, 1.82) is 0 Å². The molecule has 10 rings (SSSR count). The van der Waals surface area contributed by atoms with Gasteiger partial charge in [-0.05, 0) is 68.2 Å². The number of pyridine rings is 1. The summed E-state index contributed by atoms with van der Waals surface area (Å²) < 4.78 is 24.7. The molecule has 366 valence electrons. The summed E-state index contributed by atoms with van der Waals surface area (Å²) in [5.74, 6) is 2.08. The number of likely N-dealkylation sites (tertiary alicyclic amines) is 2. The van der Waals surface area contributed by atoms with Gasteiger partial charge < -0.3 is 65.1 Å². The molecule has 1 aromatic carbocycles. The number of primary amides is 1. The molecule has 8 heterocycles. The maximum absolute atomic E-state index is 12.1. The number of aromatic nitrogens is 4. The number of benzene rings is 1. The predicted octanol–water partition coefficient (Wildman–Crippen LogP) is 3.20. The van der Waals surface area contributed by atoms with Crippen LogP contribution < -0.4 is 30.9 Å². The Bertz CT molecular complexity index is 2360. The number of phenols is 1. The maximum Gasteiger partial charge on any atom is 0.234 e. The van der Waals surface area contributed by atoms with Gasteiger partial charge in [-0.2, -0.15) is 0 Å². The van der Waals surface area contributed by atoms with Crippen LogP contribution >= 0.6 is 0 Å². The minimum atomic E-state index is -1.04. The highest BCUT2D eigenvalue weighted by molar-refractivity contribution is 5.80. The van der Waals surface area contributed by atoms with Crippen LogP contribution in [0, 0.1) is 11.8 Å². The third-order valence-corrected chi connectivity index (χ3v) is 15.3. The molecule has 6 aliphatic rings. The molecule has 6 fully saturated rings. The van der Waals surface area contributed by atoms with Crippen LogP contribution in [0.2, 0.25) is 0 Å². The van der Waals surface area contributed by atoms with Crippen LogP contribution in [0.3, 0.4) is 0 Å². The van der Waals surface area contributed by atoms with Crippen molar-refractivity contribution in [3.63, 3.8) is 0 Å². The number of piperidine rings is 2. The summed E-state index contributed by atoms with van der Waals surface area (Å²) in [5.41, 5.74) is 14.8. The molecule has 0 bridgehead atoms. The number of para-hydroxylation sites is 1. The number of amides is 1. The first-order valence-electron chi connectivity index (χ1n) is 24.5. The summed E-state index contributed by atoms with van der Waals surface area (Å²) in [6.45, 7) is 12.4. The van der Waals surface area contributed by atoms with E-state index in [1.54, 1.807) is 17.0 Å². The smallest absolute Gasteiger partial charge is 0.234 e. The van der Waals surface area contributed by atoms with E-state index in [1.807, 2.05) is 50.4 Å². The second-order valence-corrected chi connectivity index (χ2v) is 20.3. The van der Waals surface area contributed by atoms with E-state index in [1.165, 1.54) is 0 Å². The van der Waals surface area contributed by atoms with Gasteiger partial charge in [0.15, 0.2) is 11.6 Å². The largest absolute Gasteiger partial charge is 0.507 e. The third-order valence-electron chi connectivity index (χ3n) is 15.3. The molecule has 1 unspecified atom stereocenters. The van der Waals surface area contributed by atoms with Crippen LogP contribution in [0.1, 0.15) is 70.5 Å². The molecule has 0 radical (unpaired) electrons. The Morgan fingerprint density at radius 1 is 0.926 bits per heavy atom. The van der Waals surface area contributed by atoms with Crippen LogP contribution in [0.25, 0.3) is 11.3 Å². The summed E-state index contributed by atoms with van der Waals surface area (Å²) in [4.78, 5) is 27.8. The van der Waals surface area contributed by atoms with Gasteiger partial charge in [0.25, 0.3) is 0 Å². The molecule has 1 saturated carbocycles. The number of anilines is 4. The average molecular weight is 938 g/mol. The molecule has 1 amide bonds. The fourth-order valence-corrected chi connectivity index (χ4v) is 11.4. The number of nitrogens with zero attached hydrogens (tertiary/aromatic N) is 9. The number of piperazine rings is 1. The first-order chi connectivity index (χ1) is 32.9. The Morgan fingerprint density at radius 2 is 1.71 bits per heavy atom. The number of phenolic OH excluding ortho intramolecular Hbond substituents is 1. The van der Waals surface area contributed by atoms with E-state index in [0.29, 0.717) is 60.9 Å². The number of aliphatic hydroxyl groups excluding tert-OH is 2. The molecule has 4 atom stereocenters. The number of aliphatic hydroxyl groups is 2. The molecule has 68 heavy (non-hydrogen) atoms. The molecule has 7 N–H and O–H groups in total. The van der Waals surface area contributed by atoms with Crippen molar-refractivity contribution in [2.75, 3.05) is 92.5 Å². The molecule has 5 aliphatic heterocycles. The minimum Gasteiger partial charge on any atom is -0.507 e. The summed E-state index contributed by atoms with van der Waals surface area (Å²) in [7, 11) is 0. The first-order valence-corrected chi connectivity index (χ1v) is 24.5. The SMILES string of the molecule is CC(C)[C@H](c1cc(N2CCC(CN3CCC(OC4CC(Oc5cc(N6CCN(c7cc(-c8ccccc8O)nnc7N)CC67COC7)ccn5)C4)CC3)CC2)no1)C(O)N1C[C@H](O)C[C@H]1C(N)=O. The number of ether oxygens (including phenoxy) is 3. The van der Waals surface area contributed by atoms with Crippen molar-refractivity contribution >= 4 is 28.9 Å². The summed E-state index contributed by atoms with van der Waals surface area (Å²) >= 11 is 0. The van der Waals surface area contributed by atoms with E-state index in [9.17, 15) is 20.1 Å². The number of carbonyl (C=O) groups excluding carboxylic acids is 1. The molecule has 19 heteroatoms. The average Bonchev–Trinajstić information content (AvgIpc) is 3.96. The molecular formula is C49H67N11O8. The molecule has 5 saturated heterocycles. The van der Waals surface area contributed by atoms with Crippen molar-refractivity contribution < 1.29 is 38.8 Å². The van der Waals surface area contributed by atoms with Crippen LogP contribution in [0.15, 0.2) is 59.3 Å². The lowest BCUT2D eigenvalue weighted by molar-refractivity contribution is -0.127. The molecule has 4 aromatic rings. The number of β-amino-alcohol motifs (C(OH)–C–C–N with tert-alkyl or cyclic N) is 1. The second kappa shape index (κ2) is 19.6. The van der Waals surface area contributed by atoms with Gasteiger partial charge in [0, 0.05) is 101 Å². The summed E-state index contributed by atoms with van der Waals surface area (Å²) in [6, 6.07) is 14.3. The number of hydrogen-bond donors (Lipinski definition) is 5. The highest BCUT2D eigenvalue weighted by Crippen LogP contribution is 2.41. The number of carbonyl (C=O) groups is 1. The zero-order valence-corrected chi connectivity index (χ0v) is 39.2. The van der Waals surface area contributed by atoms with Crippen molar-refractivity contribution in [3.8, 4) is 22.9 Å². The number of aromatic hydroxyl groups is 1. The maximum atomic E-state index is 12.1. The third kappa shape index (κ3) is 9.65. The van der Waals surface area contributed by atoms with Crippen molar-refractivity contribution in [1.82, 2.24) is 30.1 Å². The van der Waals surface area contributed by atoms with Gasteiger partial charge in [-0.1, -0.05) is 31.1 Å². The van der Waals surface area contributed by atoms with E-state index >= 15 is 0 Å². The van der Waals surface area contributed by atoms with Gasteiger partial charge in [0.05, 0.1) is 54.9 Å². The quantitative estimate of drug-likeness (QED) is 0.115. The van der Waals surface area contributed by atoms with Gasteiger partial charge in [-0.3, -0.25) is 9.69 Å². The Hall–Kier alpha value is -5.31. The van der Waals surface area contributed by atoms with Gasteiger partial charge >= 0.3 is 0 Å². The number of rotatable bonds is 15. The lowest BCUT2D eigenvalue weighted by atomic mass is 9.90. The molecule has 3 aromatic heterocycles. The fourth-order valence-electron chi connectivity index (χ4n) is 11.4. The zero-order chi connectivity index (χ0) is 47.1. The molecule has 1 aliphatic carbocycles. The second-order valence-electron chi connectivity index (χ2n) is 20.3. The normalized spacial score (nSPS) is 25.9. The Morgan fingerprint density at radius 3 is 2.43 bits per heavy atom. The zero-order valence-electron chi connectivity index (χ0n) is 39.2. The Labute approximate surface area is 397 Å². The fraction of sp³-hybridized carbons (Fsp3) is 0.612. The molecular weight excluding hydrogens is 871 g/mol. The van der Waals surface area contributed by atoms with E-state index in [4.69, 9.17) is 30.2 Å². The van der Waals surface area contributed by atoms with E-state index < -0.39 is 30.2 Å². The highest BCUT2D eigenvalue weighted by Gasteiger charge is 2.49. The van der Waals surface area contributed by atoms with Gasteiger partial charge in [-0.25, -0.2) is 4.98 Å². The van der Waals surface area contributed by atoms with Crippen LogP contribution in [-0.4, -0.2) is 166 Å². The number of nitrogen functional groups attached to an aromatic ring is 1. The number of nitrogens with two attached hydrogens (primary N) is 2. The molecule has 1 spiro atoms. The topological polar surface area (TPSA) is 238 Å². The lowest BCUT2D eigenvalue weighted by Gasteiger charge is -2.56. The van der Waals surface area contributed by atoms with Crippen LogP contribution in [-0.2, 0) is 14.3 Å². The summed E-state index contributed by atoms with van der Waals surface area (Å²) in [5, 5.41) is 45.1. The highest BCUT2D eigenvalue weighted by atomic mass is 16.5. The standard InChI is InChI=1S/C49H67N11O8/c1-30(2)45(48(64)59-26-33(61)20-40(59)47(51)63)42-24-43(55-68-42)57-15-8-31(9-16-57)25-56-13-10-34(11-14-56)66-35-21-36(22-35)67-44-19-32(7-12-52-44)60-18-17-58(27-49(60)28-65-29-49)39-23-38(53-54-46(39)50)37-5-3-4-6-41(37)62/h3-7,12,19,23-24,30-31,33-36,40,45,48,61-62,64H,8-11,13-18,20-22,25-29H2,1-2H3,(H2,50,54)(H2,51,63)/t33-,35?,36?,40+,45-,48?/m1/s1. The van der Waals surface area contributed by atoms with E-state index in [0.717, 1.165) is 95.0 Å². The Balaban J connectivity index is 0.650. The van der Waals surface area contributed by atoms with E-state index in [-0.39, 0.29) is 48.5 Å². The van der Waals surface area contributed by atoms with E-state index in [2.05, 4.69) is 46.0 Å². The van der Waals surface area contributed by atoms with Crippen molar-refractivity contribution in [2.45, 2.75) is 107 Å². The van der Waals surface area contributed by atoms with Gasteiger partial charge in [0.1, 0.15) is 29.4 Å². The van der Waals surface area contributed by atoms with Crippen molar-refractivity contribution in [2.24, 2.45) is 17.6 Å². The molecule has 19 nitrogen and oxygen atoms in total. The minimum absolute atomic E-state index is 0.00522. The summed E-state index contributed by atoms with van der Waals surface area (Å²) in [6.07, 6.45) is 6.73. The number of hydrogen-bond acceptors (Lipinski definition) is 18. The monoisotopic (exact) mass is 938 g/mol. The first kappa shape index (κ1) is 46.4. The lowest BCUT2D eigenvalue weighted by Crippen LogP contribution is -2.72. The van der Waals surface area contributed by atoms with Gasteiger partial charge in [0.2, 0.25) is 11.8 Å². The van der Waals surface area contributed by atoms with Crippen LogP contribution in [0.4, 0.5) is 23.0 Å². The van der Waals surface area contributed by atoms with Crippen LogP contribution in [0.5, 0.6) is 11.6 Å². The van der Waals surface area contributed by atoms with Crippen molar-refractivity contribution in [3.05, 3.63) is 60.5 Å². The predicted molar refractivity (Wildman–Crippen MR) is 254 cm³/mol. The van der Waals surface area contributed by atoms with Gasteiger partial charge in [-0.15, -0.1) is 10.2 Å².